The second kappa shape index (κ2) is 26.0. The van der Waals surface area contributed by atoms with Gasteiger partial charge in [-0.25, -0.2) is 0 Å². The molecule has 1 aromatic carbocycles. The summed E-state index contributed by atoms with van der Waals surface area (Å²) in [6.45, 7) is 5.56. The molecular weight excluding hydrogens is 351 g/mol. The Labute approximate surface area is 134 Å². The summed E-state index contributed by atoms with van der Waals surface area (Å²) in [6, 6.07) is 7.64. The van der Waals surface area contributed by atoms with Gasteiger partial charge < -0.3 is 14.8 Å². The summed E-state index contributed by atoms with van der Waals surface area (Å²) in [5, 5.41) is 2.80. The Kier molecular flexibility index (Phi) is 32.6. The van der Waals surface area contributed by atoms with Gasteiger partial charge in [-0.15, -0.1) is 0 Å². The number of amides is 1. The third kappa shape index (κ3) is 18.2. The van der Waals surface area contributed by atoms with Crippen LogP contribution in [0.3, 0.4) is 0 Å². The average Bonchev–Trinajstić information content (AvgIpc) is 2.62. The molecule has 0 saturated heterocycles. The summed E-state index contributed by atoms with van der Waals surface area (Å²) in [7, 11) is 0. The predicted octanol–water partition coefficient (Wildman–Crippen LogP) is 4.66. The topological polar surface area (TPSA) is 47.6 Å². The van der Waals surface area contributed by atoms with Crippen LogP contribution in [0.4, 0.5) is 37.8 Å². The molecule has 144 valence electrons. The standard InChI is InChI=1S/C13H19NO3.3F2.FH/c1-3-16-8-9-17-10-13(15)14-12-7-5-4-6-11(12)2;3*1-2;/h4-7H,3,8-10H2,1-2H3,(H,14,15);;;;1H. The van der Waals surface area contributed by atoms with Crippen LogP contribution in [-0.4, -0.2) is 32.3 Å². The van der Waals surface area contributed by atoms with Gasteiger partial charge in [0.25, 0.3) is 0 Å². The number of aryl methyl sites for hydroxylation is 1. The Morgan fingerprint density at radius 1 is 1.00 bits per heavy atom. The highest BCUT2D eigenvalue weighted by Crippen LogP contribution is 2.12. The normalized spacial score (nSPS) is 8.00. The first-order valence-electron chi connectivity index (χ1n) is 6.18. The van der Waals surface area contributed by atoms with Crippen molar-refractivity contribution in [2.75, 3.05) is 31.7 Å². The number of ether oxygens (including phenoxy) is 2. The van der Waals surface area contributed by atoms with E-state index in [4.69, 9.17) is 36.9 Å². The molecule has 0 aliphatic heterocycles. The van der Waals surface area contributed by atoms with Crippen LogP contribution in [0, 0.1) is 6.92 Å². The maximum absolute atomic E-state index is 11.5. The van der Waals surface area contributed by atoms with Crippen molar-refractivity contribution in [2.45, 2.75) is 13.8 Å². The Morgan fingerprint density at radius 2 is 1.50 bits per heavy atom. The minimum absolute atomic E-state index is 0. The molecule has 0 fully saturated rings. The van der Waals surface area contributed by atoms with Crippen molar-refractivity contribution < 1.29 is 46.4 Å². The first kappa shape index (κ1) is 30.1. The molecule has 1 amide bonds. The first-order valence-corrected chi connectivity index (χ1v) is 6.18. The smallest absolute Gasteiger partial charge is 0.250 e. The van der Waals surface area contributed by atoms with Crippen LogP contribution in [0.1, 0.15) is 12.5 Å². The van der Waals surface area contributed by atoms with Crippen LogP contribution in [0.2, 0.25) is 0 Å². The second-order valence-electron chi connectivity index (χ2n) is 3.61. The van der Waals surface area contributed by atoms with Gasteiger partial charge in [0.05, 0.1) is 13.2 Å². The van der Waals surface area contributed by atoms with Crippen LogP contribution in [0.25, 0.3) is 0 Å². The molecule has 1 aromatic rings. The third-order valence-electron chi connectivity index (χ3n) is 2.23. The van der Waals surface area contributed by atoms with Gasteiger partial charge in [0.1, 0.15) is 6.61 Å². The van der Waals surface area contributed by atoms with Crippen molar-refractivity contribution in [2.24, 2.45) is 0 Å². The van der Waals surface area contributed by atoms with Gasteiger partial charge in [-0.3, -0.25) is 9.50 Å². The number of rotatable bonds is 7. The van der Waals surface area contributed by atoms with E-state index in [1.165, 1.54) is 0 Å². The molecule has 0 bridgehead atoms. The monoisotopic (exact) mass is 371 g/mol. The molecule has 0 unspecified atom stereocenters. The van der Waals surface area contributed by atoms with E-state index in [0.29, 0.717) is 19.8 Å². The van der Waals surface area contributed by atoms with Gasteiger partial charge in [-0.2, -0.15) is 0 Å². The van der Waals surface area contributed by atoms with Crippen LogP contribution >= 0.6 is 0 Å². The Balaban J connectivity index is -0.000000256. The van der Waals surface area contributed by atoms with Crippen molar-refractivity contribution in [3.8, 4) is 0 Å². The van der Waals surface area contributed by atoms with Crippen molar-refractivity contribution in [3.05, 3.63) is 29.8 Å². The third-order valence-corrected chi connectivity index (χ3v) is 2.23. The summed E-state index contributed by atoms with van der Waals surface area (Å²) in [4.78, 5) is 11.5. The minimum atomic E-state index is -0.143. The van der Waals surface area contributed by atoms with Gasteiger partial charge in [0.2, 0.25) is 5.91 Å². The molecule has 24 heavy (non-hydrogen) atoms. The maximum Gasteiger partial charge on any atom is 0.250 e. The zero-order valence-corrected chi connectivity index (χ0v) is 13.0. The number of carbonyl (C=O) groups excluding carboxylic acids is 1. The average molecular weight is 371 g/mol. The molecule has 0 aliphatic rings. The number of hydrogen-bond donors (Lipinski definition) is 1. The van der Waals surface area contributed by atoms with Gasteiger partial charge in [-0.1, -0.05) is 18.2 Å². The number of halogens is 7. The number of benzene rings is 1. The van der Waals surface area contributed by atoms with Crippen LogP contribution in [-0.2, 0) is 14.3 Å². The highest BCUT2D eigenvalue weighted by molar-refractivity contribution is 5.92. The molecule has 0 spiro atoms. The van der Waals surface area contributed by atoms with Gasteiger partial charge in [0.15, 0.2) is 0 Å². The lowest BCUT2D eigenvalue weighted by molar-refractivity contribution is -0.121. The fourth-order valence-electron chi connectivity index (χ4n) is 1.33. The molecule has 0 aliphatic carbocycles. The highest BCUT2D eigenvalue weighted by Gasteiger charge is 2.03. The molecule has 0 heterocycles. The molecule has 1 N–H and O–H groups in total. The Morgan fingerprint density at radius 3 is 2.00 bits per heavy atom. The summed E-state index contributed by atoms with van der Waals surface area (Å²) >= 11 is 0. The van der Waals surface area contributed by atoms with E-state index < -0.39 is 0 Å². The van der Waals surface area contributed by atoms with Crippen molar-refractivity contribution >= 4 is 11.6 Å². The lowest BCUT2D eigenvalue weighted by atomic mass is 10.2. The predicted molar refractivity (Wildman–Crippen MR) is 76.3 cm³/mol. The van der Waals surface area contributed by atoms with Crippen molar-refractivity contribution in [1.29, 1.82) is 0 Å². The molecule has 11 heteroatoms. The molecule has 0 saturated carbocycles. The molecule has 0 radical (unpaired) electrons. The highest BCUT2D eigenvalue weighted by atomic mass is 20.0. The quantitative estimate of drug-likeness (QED) is 0.560. The second-order valence-corrected chi connectivity index (χ2v) is 3.61. The lowest BCUT2D eigenvalue weighted by Gasteiger charge is -2.08. The Hall–Kier alpha value is -1.88. The molecule has 0 aromatic heterocycles. The summed E-state index contributed by atoms with van der Waals surface area (Å²) in [5.41, 5.74) is 1.86. The van der Waals surface area contributed by atoms with E-state index in [2.05, 4.69) is 5.32 Å². The van der Waals surface area contributed by atoms with E-state index in [1.54, 1.807) is 0 Å². The molecule has 4 nitrogen and oxygen atoms in total. The van der Waals surface area contributed by atoms with E-state index in [1.807, 2.05) is 38.1 Å². The zero-order valence-electron chi connectivity index (χ0n) is 13.0. The molecular formula is C13H20F7NO3. The number of hydrogen-bond acceptors (Lipinski definition) is 3. The molecule has 1 rings (SSSR count). The SMILES string of the molecule is CCOCCOCC(=O)Nc1ccccc1C.F.FF.FF.FF. The van der Waals surface area contributed by atoms with Crippen LogP contribution < -0.4 is 5.32 Å². The summed E-state index contributed by atoms with van der Waals surface area (Å²) in [6.07, 6.45) is 0. The fourth-order valence-corrected chi connectivity index (χ4v) is 1.33. The number of carbonyl (C=O) groups is 1. The maximum atomic E-state index is 11.5. The minimum Gasteiger partial charge on any atom is -0.379 e. The Bertz CT molecular complexity index is 373. The fraction of sp³-hybridized carbons (Fsp3) is 0.462. The number of anilines is 1. The van der Waals surface area contributed by atoms with E-state index in [9.17, 15) is 4.79 Å². The van der Waals surface area contributed by atoms with Crippen molar-refractivity contribution in [3.63, 3.8) is 0 Å². The van der Waals surface area contributed by atoms with E-state index >= 15 is 0 Å². The van der Waals surface area contributed by atoms with Gasteiger partial charge >= 0.3 is 0 Å². The van der Waals surface area contributed by atoms with Gasteiger partial charge in [-0.05, 0) is 25.5 Å². The summed E-state index contributed by atoms with van der Waals surface area (Å²) in [5.74, 6) is -0.143. The summed E-state index contributed by atoms with van der Waals surface area (Å²) < 4.78 is 58.3. The van der Waals surface area contributed by atoms with Gasteiger partial charge in [0, 0.05) is 39.7 Å². The number of nitrogens with one attached hydrogen (secondary N) is 1. The lowest BCUT2D eigenvalue weighted by Crippen LogP contribution is -2.20. The molecule has 0 atom stereocenters. The largest absolute Gasteiger partial charge is 0.379 e. The van der Waals surface area contributed by atoms with E-state index in [-0.39, 0.29) is 17.2 Å². The first-order chi connectivity index (χ1) is 11.2. The van der Waals surface area contributed by atoms with Crippen LogP contribution in [0.5, 0.6) is 0 Å². The zero-order chi connectivity index (χ0) is 18.5. The number of para-hydroxylation sites is 1. The van der Waals surface area contributed by atoms with Crippen LogP contribution in [0.15, 0.2) is 24.3 Å². The van der Waals surface area contributed by atoms with E-state index in [0.717, 1.165) is 11.3 Å². The van der Waals surface area contributed by atoms with Crippen molar-refractivity contribution in [1.82, 2.24) is 0 Å².